The number of hydrogen-bond donors (Lipinski definition) is 2. The smallest absolute Gasteiger partial charge is 0.170 e. The van der Waals surface area contributed by atoms with E-state index in [0.717, 1.165) is 10.8 Å². The molecule has 1 fully saturated rings. The maximum absolute atomic E-state index is 5.46. The van der Waals surface area contributed by atoms with E-state index in [-0.39, 0.29) is 0 Å². The molecule has 3 rings (SSSR count). The first-order valence-corrected chi connectivity index (χ1v) is 8.28. The van der Waals surface area contributed by atoms with Gasteiger partial charge in [-0.05, 0) is 48.0 Å². The maximum atomic E-state index is 5.46. The molecule has 0 radical (unpaired) electrons. The van der Waals surface area contributed by atoms with E-state index in [2.05, 4.69) is 53.1 Å². The lowest BCUT2D eigenvalue weighted by molar-refractivity contribution is 0.535. The molecule has 2 nitrogen and oxygen atoms in total. The quantitative estimate of drug-likeness (QED) is 0.612. The predicted molar refractivity (Wildman–Crippen MR) is 94.8 cm³/mol. The van der Waals surface area contributed by atoms with Crippen LogP contribution in [0.3, 0.4) is 0 Å². The molecule has 0 unspecified atom stereocenters. The summed E-state index contributed by atoms with van der Waals surface area (Å²) in [6, 6.07) is 15.3. The summed E-state index contributed by atoms with van der Waals surface area (Å²) in [6.45, 7) is 0. The fourth-order valence-corrected chi connectivity index (χ4v) is 3.33. The molecule has 0 bridgehead atoms. The van der Waals surface area contributed by atoms with E-state index in [1.54, 1.807) is 0 Å². The Morgan fingerprint density at radius 2 is 1.62 bits per heavy atom. The maximum Gasteiger partial charge on any atom is 0.170 e. The van der Waals surface area contributed by atoms with E-state index >= 15 is 0 Å². The summed E-state index contributed by atoms with van der Waals surface area (Å²) in [7, 11) is 0. The fraction of sp³-hybridized carbons (Fsp3) is 0.389. The minimum Gasteiger partial charge on any atom is -0.360 e. The van der Waals surface area contributed by atoms with E-state index in [1.807, 2.05) is 0 Å². The molecule has 1 aliphatic carbocycles. The zero-order valence-electron chi connectivity index (χ0n) is 12.3. The molecule has 2 aromatic carbocycles. The average Bonchev–Trinajstić information content (AvgIpc) is 2.75. The van der Waals surface area contributed by atoms with Gasteiger partial charge in [-0.3, -0.25) is 0 Å². The van der Waals surface area contributed by atoms with Gasteiger partial charge in [0.15, 0.2) is 5.11 Å². The number of thiocarbonyl (C=S) groups is 1. The van der Waals surface area contributed by atoms with Gasteiger partial charge in [0.2, 0.25) is 0 Å². The van der Waals surface area contributed by atoms with Crippen molar-refractivity contribution in [1.29, 1.82) is 0 Å². The number of nitrogens with one attached hydrogen (secondary N) is 2. The Balaban J connectivity index is 1.62. The van der Waals surface area contributed by atoms with Crippen molar-refractivity contribution >= 4 is 33.8 Å². The van der Waals surface area contributed by atoms with E-state index in [4.69, 9.17) is 12.2 Å². The molecule has 0 amide bonds. The summed E-state index contributed by atoms with van der Waals surface area (Å²) in [5.41, 5.74) is 1.06. The molecule has 1 aliphatic rings. The first-order chi connectivity index (χ1) is 10.3. The molecule has 0 saturated heterocycles. The van der Waals surface area contributed by atoms with Crippen molar-refractivity contribution in [2.75, 3.05) is 5.32 Å². The van der Waals surface area contributed by atoms with Crippen molar-refractivity contribution < 1.29 is 0 Å². The fourth-order valence-electron chi connectivity index (χ4n) is 3.04. The lowest BCUT2D eigenvalue weighted by Gasteiger charge is -2.19. The van der Waals surface area contributed by atoms with E-state index in [0.29, 0.717) is 6.04 Å². The lowest BCUT2D eigenvalue weighted by Crippen LogP contribution is -2.37. The van der Waals surface area contributed by atoms with Crippen molar-refractivity contribution in [2.45, 2.75) is 44.6 Å². The number of anilines is 1. The van der Waals surface area contributed by atoms with Gasteiger partial charge >= 0.3 is 0 Å². The van der Waals surface area contributed by atoms with Crippen molar-refractivity contribution in [3.8, 4) is 0 Å². The van der Waals surface area contributed by atoms with Crippen LogP contribution in [-0.4, -0.2) is 11.2 Å². The van der Waals surface area contributed by atoms with Crippen LogP contribution in [0.2, 0.25) is 0 Å². The number of fused-ring (bicyclic) bond motifs is 1. The Bertz CT molecular complexity index is 615. The van der Waals surface area contributed by atoms with Crippen LogP contribution in [0.25, 0.3) is 10.8 Å². The number of hydrogen-bond acceptors (Lipinski definition) is 1. The summed E-state index contributed by atoms with van der Waals surface area (Å²) < 4.78 is 0. The molecule has 3 heteroatoms. The molecule has 21 heavy (non-hydrogen) atoms. The van der Waals surface area contributed by atoms with Gasteiger partial charge in [-0.25, -0.2) is 0 Å². The molecule has 2 aromatic rings. The Morgan fingerprint density at radius 3 is 2.38 bits per heavy atom. The Hall–Kier alpha value is -1.61. The highest BCUT2D eigenvalue weighted by Gasteiger charge is 2.12. The first kappa shape index (κ1) is 14.3. The zero-order chi connectivity index (χ0) is 14.5. The van der Waals surface area contributed by atoms with Crippen LogP contribution in [0.15, 0.2) is 42.5 Å². The molecular weight excluding hydrogens is 276 g/mol. The Morgan fingerprint density at radius 1 is 0.905 bits per heavy atom. The van der Waals surface area contributed by atoms with Crippen molar-refractivity contribution in [3.05, 3.63) is 42.5 Å². The third-order valence-corrected chi connectivity index (χ3v) is 4.42. The van der Waals surface area contributed by atoms with Crippen molar-refractivity contribution in [3.63, 3.8) is 0 Å². The SMILES string of the molecule is S=C(Nc1ccc2ccccc2c1)NC1CCCCCC1. The third kappa shape index (κ3) is 3.94. The lowest BCUT2D eigenvalue weighted by atomic mass is 10.1. The highest BCUT2D eigenvalue weighted by atomic mass is 32.1. The van der Waals surface area contributed by atoms with Crippen LogP contribution < -0.4 is 10.6 Å². The normalized spacial score (nSPS) is 16.4. The molecule has 2 N–H and O–H groups in total. The Kier molecular flexibility index (Phi) is 4.71. The van der Waals surface area contributed by atoms with Gasteiger partial charge in [0, 0.05) is 11.7 Å². The van der Waals surface area contributed by atoms with Crippen LogP contribution in [0.4, 0.5) is 5.69 Å². The topological polar surface area (TPSA) is 24.1 Å². The molecule has 0 aliphatic heterocycles. The highest BCUT2D eigenvalue weighted by Crippen LogP contribution is 2.20. The standard InChI is InChI=1S/C18H22N2S/c21-18(19-16-9-3-1-2-4-10-16)20-17-12-11-14-7-5-6-8-15(14)13-17/h5-8,11-13,16H,1-4,9-10H2,(H2,19,20,21). The zero-order valence-corrected chi connectivity index (χ0v) is 13.1. The van der Waals surface area contributed by atoms with Gasteiger partial charge in [0.05, 0.1) is 0 Å². The van der Waals surface area contributed by atoms with Crippen LogP contribution in [0, 0.1) is 0 Å². The largest absolute Gasteiger partial charge is 0.360 e. The van der Waals surface area contributed by atoms with Crippen LogP contribution in [-0.2, 0) is 0 Å². The molecule has 0 aromatic heterocycles. The second-order valence-corrected chi connectivity index (χ2v) is 6.26. The molecule has 0 spiro atoms. The van der Waals surface area contributed by atoms with Gasteiger partial charge in [0.1, 0.15) is 0 Å². The molecule has 0 atom stereocenters. The van der Waals surface area contributed by atoms with Gasteiger partial charge in [-0.15, -0.1) is 0 Å². The van der Waals surface area contributed by atoms with Gasteiger partial charge < -0.3 is 10.6 Å². The van der Waals surface area contributed by atoms with Crippen molar-refractivity contribution in [1.82, 2.24) is 5.32 Å². The first-order valence-electron chi connectivity index (χ1n) is 7.87. The average molecular weight is 298 g/mol. The summed E-state index contributed by atoms with van der Waals surface area (Å²) in [6.07, 6.45) is 7.83. The van der Waals surface area contributed by atoms with Crippen LogP contribution in [0.5, 0.6) is 0 Å². The summed E-state index contributed by atoms with van der Waals surface area (Å²) in [4.78, 5) is 0. The monoisotopic (exact) mass is 298 g/mol. The molecular formula is C18H22N2S. The van der Waals surface area contributed by atoms with Crippen molar-refractivity contribution in [2.24, 2.45) is 0 Å². The minimum absolute atomic E-state index is 0.535. The number of benzene rings is 2. The summed E-state index contributed by atoms with van der Waals surface area (Å²) in [5, 5.41) is 10.0. The minimum atomic E-state index is 0.535. The Labute approximate surface area is 131 Å². The van der Waals surface area contributed by atoms with E-state index in [1.165, 1.54) is 49.3 Å². The van der Waals surface area contributed by atoms with Crippen LogP contribution >= 0.6 is 12.2 Å². The van der Waals surface area contributed by atoms with E-state index in [9.17, 15) is 0 Å². The third-order valence-electron chi connectivity index (χ3n) is 4.20. The molecule has 1 saturated carbocycles. The van der Waals surface area contributed by atoms with Gasteiger partial charge in [-0.1, -0.05) is 56.0 Å². The summed E-state index contributed by atoms with van der Waals surface area (Å²) in [5.74, 6) is 0. The second kappa shape index (κ2) is 6.90. The van der Waals surface area contributed by atoms with Gasteiger partial charge in [-0.2, -0.15) is 0 Å². The van der Waals surface area contributed by atoms with Gasteiger partial charge in [0.25, 0.3) is 0 Å². The summed E-state index contributed by atoms with van der Waals surface area (Å²) >= 11 is 5.46. The van der Waals surface area contributed by atoms with Crippen LogP contribution in [0.1, 0.15) is 38.5 Å². The van der Waals surface area contributed by atoms with E-state index < -0.39 is 0 Å². The number of rotatable bonds is 2. The highest BCUT2D eigenvalue weighted by molar-refractivity contribution is 7.80. The second-order valence-electron chi connectivity index (χ2n) is 5.85. The predicted octanol–water partition coefficient (Wildman–Crippen LogP) is 4.85. The molecule has 0 heterocycles. The molecule has 110 valence electrons.